The summed E-state index contributed by atoms with van der Waals surface area (Å²) in [4.78, 5) is 17.7. The number of amides is 1. The first kappa shape index (κ1) is 16.1. The third kappa shape index (κ3) is 3.44. The molecular formula is C17H13ClFN3O2. The van der Waals surface area contributed by atoms with Crippen LogP contribution in [0.3, 0.4) is 0 Å². The van der Waals surface area contributed by atoms with Gasteiger partial charge in [-0.1, -0.05) is 16.8 Å². The van der Waals surface area contributed by atoms with Crippen LogP contribution in [0.25, 0.3) is 11.3 Å². The Kier molecular flexibility index (Phi) is 4.57. The van der Waals surface area contributed by atoms with Crippen LogP contribution in [0.15, 0.2) is 53.3 Å². The molecule has 0 radical (unpaired) electrons. The van der Waals surface area contributed by atoms with E-state index in [1.165, 1.54) is 17.0 Å². The minimum absolute atomic E-state index is 0.0473. The zero-order valence-electron chi connectivity index (χ0n) is 12.7. The van der Waals surface area contributed by atoms with Crippen molar-refractivity contribution in [2.75, 3.05) is 7.05 Å². The van der Waals surface area contributed by atoms with Gasteiger partial charge in [-0.05, 0) is 30.3 Å². The van der Waals surface area contributed by atoms with Gasteiger partial charge in [0, 0.05) is 36.1 Å². The van der Waals surface area contributed by atoms with Crippen molar-refractivity contribution < 1.29 is 13.7 Å². The monoisotopic (exact) mass is 345 g/mol. The molecule has 3 aromatic rings. The predicted octanol–water partition coefficient (Wildman–Crippen LogP) is 3.80. The molecule has 1 aromatic carbocycles. The summed E-state index contributed by atoms with van der Waals surface area (Å²) in [5.41, 5.74) is 1.38. The van der Waals surface area contributed by atoms with E-state index >= 15 is 0 Å². The first-order valence-electron chi connectivity index (χ1n) is 7.11. The molecule has 0 fully saturated rings. The number of halogens is 2. The summed E-state index contributed by atoms with van der Waals surface area (Å²) in [5, 5.41) is 4.20. The van der Waals surface area contributed by atoms with Crippen LogP contribution in [-0.2, 0) is 6.54 Å². The fourth-order valence-corrected chi connectivity index (χ4v) is 2.37. The summed E-state index contributed by atoms with van der Waals surface area (Å²) < 4.78 is 19.1. The fourth-order valence-electron chi connectivity index (χ4n) is 2.21. The van der Waals surface area contributed by atoms with E-state index in [4.69, 9.17) is 16.1 Å². The molecule has 2 aromatic heterocycles. The summed E-state index contributed by atoms with van der Waals surface area (Å²) in [6.07, 6.45) is 3.33. The van der Waals surface area contributed by atoms with E-state index in [1.54, 1.807) is 31.6 Å². The topological polar surface area (TPSA) is 59.2 Å². The Balaban J connectivity index is 1.74. The van der Waals surface area contributed by atoms with Crippen LogP contribution in [0.1, 0.15) is 16.1 Å². The van der Waals surface area contributed by atoms with Gasteiger partial charge in [0.2, 0.25) is 0 Å². The van der Waals surface area contributed by atoms with Gasteiger partial charge in [-0.15, -0.1) is 0 Å². The van der Waals surface area contributed by atoms with Crippen molar-refractivity contribution in [3.05, 3.63) is 71.0 Å². The second kappa shape index (κ2) is 6.80. The average molecular weight is 346 g/mol. The Morgan fingerprint density at radius 1 is 1.33 bits per heavy atom. The minimum atomic E-state index is -0.659. The zero-order chi connectivity index (χ0) is 17.1. The number of hydrogen-bond acceptors (Lipinski definition) is 4. The van der Waals surface area contributed by atoms with Crippen LogP contribution in [0.5, 0.6) is 0 Å². The molecule has 0 aliphatic rings. The van der Waals surface area contributed by atoms with Gasteiger partial charge in [0.15, 0.2) is 5.76 Å². The molecule has 0 saturated heterocycles. The first-order chi connectivity index (χ1) is 11.5. The summed E-state index contributed by atoms with van der Waals surface area (Å²) in [6, 6.07) is 9.31. The number of benzene rings is 1. The summed E-state index contributed by atoms with van der Waals surface area (Å²) in [7, 11) is 1.56. The highest BCUT2D eigenvalue weighted by Gasteiger charge is 2.18. The lowest BCUT2D eigenvalue weighted by molar-refractivity contribution is 0.0767. The van der Waals surface area contributed by atoms with E-state index in [-0.39, 0.29) is 17.1 Å². The Bertz CT molecular complexity index is 867. The molecule has 0 spiro atoms. The van der Waals surface area contributed by atoms with Crippen molar-refractivity contribution in [1.82, 2.24) is 15.0 Å². The molecule has 24 heavy (non-hydrogen) atoms. The number of carbonyl (C=O) groups excluding carboxylic acids is 1. The third-order valence-corrected chi connectivity index (χ3v) is 3.65. The van der Waals surface area contributed by atoms with Crippen LogP contribution in [0.2, 0.25) is 5.02 Å². The summed E-state index contributed by atoms with van der Waals surface area (Å²) in [5.74, 6) is -0.643. The zero-order valence-corrected chi connectivity index (χ0v) is 13.5. The second-order valence-electron chi connectivity index (χ2n) is 5.21. The van der Waals surface area contributed by atoms with Gasteiger partial charge in [-0.2, -0.15) is 0 Å². The number of aromatic nitrogens is 2. The predicted molar refractivity (Wildman–Crippen MR) is 86.9 cm³/mol. The van der Waals surface area contributed by atoms with E-state index in [0.29, 0.717) is 11.5 Å². The molecule has 0 aliphatic carbocycles. The number of nitrogens with zero attached hydrogens (tertiary/aromatic N) is 3. The Morgan fingerprint density at radius 3 is 2.88 bits per heavy atom. The van der Waals surface area contributed by atoms with E-state index < -0.39 is 11.7 Å². The molecular weight excluding hydrogens is 333 g/mol. The molecule has 2 heterocycles. The number of rotatable bonds is 4. The van der Waals surface area contributed by atoms with Crippen LogP contribution in [0.4, 0.5) is 4.39 Å². The maximum atomic E-state index is 13.9. The average Bonchev–Trinajstić information content (AvgIpc) is 3.03. The molecule has 7 heteroatoms. The first-order valence-corrected chi connectivity index (χ1v) is 7.49. The lowest BCUT2D eigenvalue weighted by Gasteiger charge is -2.15. The van der Waals surface area contributed by atoms with Crippen molar-refractivity contribution in [3.8, 4) is 11.3 Å². The van der Waals surface area contributed by atoms with Gasteiger partial charge in [-0.25, -0.2) is 4.39 Å². The van der Waals surface area contributed by atoms with Crippen LogP contribution in [0, 0.1) is 5.82 Å². The molecule has 5 nitrogen and oxygen atoms in total. The van der Waals surface area contributed by atoms with E-state index in [9.17, 15) is 9.18 Å². The van der Waals surface area contributed by atoms with Crippen molar-refractivity contribution in [3.63, 3.8) is 0 Å². The second-order valence-corrected chi connectivity index (χ2v) is 5.64. The molecule has 122 valence electrons. The van der Waals surface area contributed by atoms with Crippen molar-refractivity contribution in [2.45, 2.75) is 6.54 Å². The Hall–Kier alpha value is -2.73. The van der Waals surface area contributed by atoms with E-state index in [0.717, 1.165) is 11.6 Å². The van der Waals surface area contributed by atoms with Gasteiger partial charge >= 0.3 is 0 Å². The van der Waals surface area contributed by atoms with Crippen LogP contribution in [-0.4, -0.2) is 28.0 Å². The lowest BCUT2D eigenvalue weighted by Crippen LogP contribution is -2.26. The highest BCUT2D eigenvalue weighted by atomic mass is 35.5. The van der Waals surface area contributed by atoms with Crippen molar-refractivity contribution in [2.24, 2.45) is 0 Å². The largest absolute Gasteiger partial charge is 0.359 e. The van der Waals surface area contributed by atoms with Gasteiger partial charge in [-0.3, -0.25) is 9.78 Å². The van der Waals surface area contributed by atoms with E-state index in [2.05, 4.69) is 10.1 Å². The number of carbonyl (C=O) groups is 1. The van der Waals surface area contributed by atoms with Gasteiger partial charge in [0.25, 0.3) is 5.91 Å². The van der Waals surface area contributed by atoms with Gasteiger partial charge in [0.05, 0.1) is 12.1 Å². The van der Waals surface area contributed by atoms with Gasteiger partial charge < -0.3 is 9.42 Å². The van der Waals surface area contributed by atoms with E-state index in [1.807, 2.05) is 6.07 Å². The smallest absolute Gasteiger partial charge is 0.256 e. The van der Waals surface area contributed by atoms with Crippen LogP contribution < -0.4 is 0 Å². The highest BCUT2D eigenvalue weighted by Crippen LogP contribution is 2.20. The molecule has 0 saturated carbocycles. The maximum Gasteiger partial charge on any atom is 0.256 e. The number of pyridine rings is 1. The Morgan fingerprint density at radius 2 is 2.17 bits per heavy atom. The molecule has 3 rings (SSSR count). The molecule has 0 N–H and O–H groups in total. The maximum absolute atomic E-state index is 13.9. The highest BCUT2D eigenvalue weighted by molar-refractivity contribution is 6.30. The molecule has 0 bridgehead atoms. The normalized spacial score (nSPS) is 10.6. The molecule has 0 aliphatic heterocycles. The Labute approximate surface area is 142 Å². The van der Waals surface area contributed by atoms with Crippen LogP contribution >= 0.6 is 11.6 Å². The molecule has 0 unspecified atom stereocenters. The summed E-state index contributed by atoms with van der Waals surface area (Å²) >= 11 is 5.70. The molecule has 0 atom stereocenters. The standard InChI is InChI=1S/C17H13ClFN3O2/c1-22(17(23)14-5-4-12(18)7-15(14)19)10-13-8-16(21-24-13)11-3-2-6-20-9-11/h2-9H,10H2,1H3. The van der Waals surface area contributed by atoms with Gasteiger partial charge in [0.1, 0.15) is 11.5 Å². The summed E-state index contributed by atoms with van der Waals surface area (Å²) in [6.45, 7) is 0.161. The molecule has 1 amide bonds. The fraction of sp³-hybridized carbons (Fsp3) is 0.118. The minimum Gasteiger partial charge on any atom is -0.359 e. The van der Waals surface area contributed by atoms with Crippen molar-refractivity contribution >= 4 is 17.5 Å². The quantitative estimate of drug-likeness (QED) is 0.721. The van der Waals surface area contributed by atoms with Crippen molar-refractivity contribution in [1.29, 1.82) is 0 Å². The third-order valence-electron chi connectivity index (χ3n) is 3.42. The number of hydrogen-bond donors (Lipinski definition) is 0. The SMILES string of the molecule is CN(Cc1cc(-c2cccnc2)no1)C(=O)c1ccc(Cl)cc1F. The lowest BCUT2D eigenvalue weighted by atomic mass is 10.2.